The van der Waals surface area contributed by atoms with Crippen molar-refractivity contribution >= 4 is 23.2 Å². The maximum absolute atomic E-state index is 11.8. The monoisotopic (exact) mass is 268 g/mol. The van der Waals surface area contributed by atoms with Gasteiger partial charge in [0.05, 0.1) is 11.0 Å². The van der Waals surface area contributed by atoms with E-state index in [-0.39, 0.29) is 10.7 Å². The van der Waals surface area contributed by atoms with Crippen LogP contribution in [-0.2, 0) is 0 Å². The van der Waals surface area contributed by atoms with Crippen LogP contribution >= 0.6 is 11.6 Å². The molecule has 0 saturated carbocycles. The quantitative estimate of drug-likeness (QED) is 0.509. The summed E-state index contributed by atoms with van der Waals surface area (Å²) in [5.41, 5.74) is -1.84. The highest BCUT2D eigenvalue weighted by Crippen LogP contribution is 2.20. The van der Waals surface area contributed by atoms with Crippen LogP contribution in [0.15, 0.2) is 12.3 Å². The summed E-state index contributed by atoms with van der Waals surface area (Å²) in [6.45, 7) is 2.94. The minimum atomic E-state index is -1.14. The van der Waals surface area contributed by atoms with Crippen LogP contribution < -0.4 is 5.32 Å². The Balaban J connectivity index is 3.17. The van der Waals surface area contributed by atoms with E-state index < -0.39 is 22.1 Å². The summed E-state index contributed by atoms with van der Waals surface area (Å²) in [5.74, 6) is -0.752. The third-order valence-corrected chi connectivity index (χ3v) is 2.20. The number of nitro groups is 1. The molecule has 0 bridgehead atoms. The van der Waals surface area contributed by atoms with Crippen LogP contribution in [0.3, 0.4) is 0 Å². The highest BCUT2D eigenvalue weighted by atomic mass is 35.5. The Hall–Kier alpha value is -2.20. The third kappa shape index (κ3) is 3.15. The maximum atomic E-state index is 11.8. The molecule has 94 valence electrons. The summed E-state index contributed by atoms with van der Waals surface area (Å²) in [6, 6.07) is 2.94. The Morgan fingerprint density at radius 3 is 2.78 bits per heavy atom. The van der Waals surface area contributed by atoms with Crippen LogP contribution in [0.25, 0.3) is 0 Å². The molecule has 1 aromatic rings. The van der Waals surface area contributed by atoms with E-state index in [1.54, 1.807) is 0 Å². The molecule has 0 unspecified atom stereocenters. The van der Waals surface area contributed by atoms with Crippen molar-refractivity contribution in [3.8, 4) is 6.07 Å². The molecule has 1 aromatic heterocycles. The summed E-state index contributed by atoms with van der Waals surface area (Å²) in [4.78, 5) is 25.4. The fourth-order valence-corrected chi connectivity index (χ4v) is 1.29. The second-order valence-electron chi connectivity index (χ2n) is 3.97. The van der Waals surface area contributed by atoms with Crippen LogP contribution in [0.1, 0.15) is 24.2 Å². The average Bonchev–Trinajstić information content (AvgIpc) is 2.28. The summed E-state index contributed by atoms with van der Waals surface area (Å²) in [5, 5.41) is 21.8. The molecule has 8 heteroatoms. The van der Waals surface area contributed by atoms with Crippen molar-refractivity contribution in [2.75, 3.05) is 0 Å². The first-order valence-electron chi connectivity index (χ1n) is 4.80. The van der Waals surface area contributed by atoms with Gasteiger partial charge in [-0.2, -0.15) is 5.26 Å². The standard InChI is InChI=1S/C10H9ClN4O3/c1-10(2,5-12)14-9(16)6-3-8(11)13-4-7(6)15(17)18/h3-4H,1-2H3,(H,14,16). The number of aromatic nitrogens is 1. The summed E-state index contributed by atoms with van der Waals surface area (Å²) >= 11 is 5.59. The zero-order chi connectivity index (χ0) is 13.9. The van der Waals surface area contributed by atoms with E-state index in [9.17, 15) is 14.9 Å². The lowest BCUT2D eigenvalue weighted by Crippen LogP contribution is -2.42. The fourth-order valence-electron chi connectivity index (χ4n) is 1.13. The lowest BCUT2D eigenvalue weighted by atomic mass is 10.1. The molecule has 18 heavy (non-hydrogen) atoms. The zero-order valence-electron chi connectivity index (χ0n) is 9.60. The number of hydrogen-bond acceptors (Lipinski definition) is 5. The topological polar surface area (TPSA) is 109 Å². The van der Waals surface area contributed by atoms with Gasteiger partial charge >= 0.3 is 0 Å². The summed E-state index contributed by atoms with van der Waals surface area (Å²) in [6.07, 6.45) is 0.899. The van der Waals surface area contributed by atoms with E-state index in [1.165, 1.54) is 13.8 Å². The number of carbonyl (C=O) groups is 1. The van der Waals surface area contributed by atoms with E-state index in [2.05, 4.69) is 10.3 Å². The smallest absolute Gasteiger partial charge is 0.300 e. The summed E-state index contributed by atoms with van der Waals surface area (Å²) < 4.78 is 0. The second-order valence-corrected chi connectivity index (χ2v) is 4.36. The van der Waals surface area contributed by atoms with Crippen molar-refractivity contribution in [2.45, 2.75) is 19.4 Å². The van der Waals surface area contributed by atoms with Gasteiger partial charge in [-0.25, -0.2) is 4.98 Å². The molecule has 1 amide bonds. The van der Waals surface area contributed by atoms with Crippen LogP contribution in [-0.4, -0.2) is 21.4 Å². The van der Waals surface area contributed by atoms with E-state index >= 15 is 0 Å². The van der Waals surface area contributed by atoms with Crippen molar-refractivity contribution in [1.29, 1.82) is 5.26 Å². The molecular weight excluding hydrogens is 260 g/mol. The first-order valence-corrected chi connectivity index (χ1v) is 5.18. The van der Waals surface area contributed by atoms with Gasteiger partial charge < -0.3 is 5.32 Å². The van der Waals surface area contributed by atoms with Crippen LogP contribution in [0.5, 0.6) is 0 Å². The van der Waals surface area contributed by atoms with Crippen molar-refractivity contribution in [3.63, 3.8) is 0 Å². The van der Waals surface area contributed by atoms with Gasteiger partial charge in [0.2, 0.25) is 0 Å². The first kappa shape index (κ1) is 13.9. The third-order valence-electron chi connectivity index (χ3n) is 2.00. The molecule has 0 saturated heterocycles. The van der Waals surface area contributed by atoms with Gasteiger partial charge in [0.1, 0.15) is 22.5 Å². The minimum absolute atomic E-state index is 0.0412. The Bertz CT molecular complexity index is 551. The molecule has 1 heterocycles. The molecule has 0 aliphatic rings. The van der Waals surface area contributed by atoms with Gasteiger partial charge in [0.15, 0.2) is 0 Å². The van der Waals surface area contributed by atoms with E-state index in [1.807, 2.05) is 6.07 Å². The Kier molecular flexibility index (Phi) is 3.83. The largest absolute Gasteiger partial charge is 0.334 e. The maximum Gasteiger partial charge on any atom is 0.300 e. The molecule has 0 fully saturated rings. The Morgan fingerprint density at radius 1 is 1.67 bits per heavy atom. The number of nitrogens with one attached hydrogen (secondary N) is 1. The molecule has 0 aliphatic heterocycles. The number of rotatable bonds is 3. The molecule has 0 aliphatic carbocycles. The number of hydrogen-bond donors (Lipinski definition) is 1. The summed E-state index contributed by atoms with van der Waals surface area (Å²) in [7, 11) is 0. The number of carbonyl (C=O) groups excluding carboxylic acids is 1. The van der Waals surface area contributed by atoms with Gasteiger partial charge in [-0.1, -0.05) is 11.6 Å². The van der Waals surface area contributed by atoms with Crippen molar-refractivity contribution < 1.29 is 9.72 Å². The Morgan fingerprint density at radius 2 is 2.28 bits per heavy atom. The molecule has 0 atom stereocenters. The zero-order valence-corrected chi connectivity index (χ0v) is 10.4. The van der Waals surface area contributed by atoms with Gasteiger partial charge in [-0.05, 0) is 19.9 Å². The SMILES string of the molecule is CC(C)(C#N)NC(=O)c1cc(Cl)ncc1[N+](=O)[O-]. The van der Waals surface area contributed by atoms with Crippen molar-refractivity contribution in [3.05, 3.63) is 33.1 Å². The normalized spacial score (nSPS) is 10.6. The van der Waals surface area contributed by atoms with Gasteiger partial charge in [-0.3, -0.25) is 14.9 Å². The Labute approximate surface area is 108 Å². The van der Waals surface area contributed by atoms with Gasteiger partial charge in [0.25, 0.3) is 11.6 Å². The predicted octanol–water partition coefficient (Wildman–Crippen LogP) is 1.68. The van der Waals surface area contributed by atoms with Gasteiger partial charge in [0, 0.05) is 0 Å². The molecular formula is C10H9ClN4O3. The number of amides is 1. The number of nitriles is 1. The van der Waals surface area contributed by atoms with E-state index in [4.69, 9.17) is 16.9 Å². The first-order chi connectivity index (χ1) is 8.26. The van der Waals surface area contributed by atoms with Crippen LogP contribution in [0.4, 0.5) is 5.69 Å². The predicted molar refractivity (Wildman–Crippen MR) is 63.1 cm³/mol. The number of nitrogens with zero attached hydrogens (tertiary/aromatic N) is 3. The molecule has 0 aromatic carbocycles. The molecule has 0 spiro atoms. The average molecular weight is 269 g/mol. The van der Waals surface area contributed by atoms with Crippen LogP contribution in [0.2, 0.25) is 5.15 Å². The molecule has 1 rings (SSSR count). The fraction of sp³-hybridized carbons (Fsp3) is 0.300. The number of halogens is 1. The molecule has 1 N–H and O–H groups in total. The van der Waals surface area contributed by atoms with Gasteiger partial charge in [-0.15, -0.1) is 0 Å². The van der Waals surface area contributed by atoms with E-state index in [0.717, 1.165) is 12.3 Å². The van der Waals surface area contributed by atoms with Crippen LogP contribution in [0, 0.1) is 21.4 Å². The van der Waals surface area contributed by atoms with Crippen molar-refractivity contribution in [1.82, 2.24) is 10.3 Å². The highest BCUT2D eigenvalue weighted by Gasteiger charge is 2.26. The molecule has 7 nitrogen and oxygen atoms in total. The minimum Gasteiger partial charge on any atom is -0.334 e. The van der Waals surface area contributed by atoms with Crippen molar-refractivity contribution in [2.24, 2.45) is 0 Å². The lowest BCUT2D eigenvalue weighted by Gasteiger charge is -2.17. The highest BCUT2D eigenvalue weighted by molar-refractivity contribution is 6.29. The number of pyridine rings is 1. The van der Waals surface area contributed by atoms with E-state index in [0.29, 0.717) is 0 Å². The second kappa shape index (κ2) is 4.98. The lowest BCUT2D eigenvalue weighted by molar-refractivity contribution is -0.385. The molecule has 0 radical (unpaired) electrons.